The van der Waals surface area contributed by atoms with Crippen LogP contribution in [-0.2, 0) is 10.2 Å². The van der Waals surface area contributed by atoms with Crippen LogP contribution in [0.2, 0.25) is 0 Å². The van der Waals surface area contributed by atoms with E-state index in [-0.39, 0.29) is 17.9 Å². The van der Waals surface area contributed by atoms with Gasteiger partial charge in [0, 0.05) is 24.8 Å². The summed E-state index contributed by atoms with van der Waals surface area (Å²) in [4.78, 5) is 13.0. The van der Waals surface area contributed by atoms with Crippen LogP contribution in [0.4, 0.5) is 8.78 Å². The van der Waals surface area contributed by atoms with Crippen molar-refractivity contribution in [3.05, 3.63) is 35.4 Å². The number of carbonyl (C=O) groups excluding carboxylic acids is 1. The first-order valence-corrected chi connectivity index (χ1v) is 8.86. The fourth-order valence-electron chi connectivity index (χ4n) is 4.34. The molecule has 1 aromatic rings. The summed E-state index contributed by atoms with van der Waals surface area (Å²) in [5.41, 5.74) is -0.586. The molecule has 0 bridgehead atoms. The summed E-state index contributed by atoms with van der Waals surface area (Å²) in [6.07, 6.45) is 6.73. The van der Waals surface area contributed by atoms with Crippen LogP contribution >= 0.6 is 0 Å². The van der Waals surface area contributed by atoms with Gasteiger partial charge in [-0.1, -0.05) is 25.3 Å². The molecule has 0 aromatic heterocycles. The Bertz CT molecular complexity index is 607. The van der Waals surface area contributed by atoms with E-state index in [9.17, 15) is 18.7 Å². The van der Waals surface area contributed by atoms with Gasteiger partial charge in [0.15, 0.2) is 0 Å². The predicted octanol–water partition coefficient (Wildman–Crippen LogP) is 3.45. The highest BCUT2D eigenvalue weighted by Gasteiger charge is 2.45. The van der Waals surface area contributed by atoms with Crippen LogP contribution in [-0.4, -0.2) is 24.2 Å². The zero-order chi connectivity index (χ0) is 17.2. The van der Waals surface area contributed by atoms with Crippen molar-refractivity contribution in [3.8, 4) is 0 Å². The lowest BCUT2D eigenvalue weighted by Crippen LogP contribution is -2.49. The summed E-state index contributed by atoms with van der Waals surface area (Å²) in [7, 11) is 0. The maximum absolute atomic E-state index is 14.3. The SMILES string of the molecule is O=C(NCC1(CCO)CCC1)C1(c2ccc(F)cc2F)CCCC1. The second kappa shape index (κ2) is 6.79. The first-order valence-electron chi connectivity index (χ1n) is 8.86. The van der Waals surface area contributed by atoms with Crippen molar-refractivity contribution in [1.82, 2.24) is 5.32 Å². The number of aliphatic hydroxyl groups is 1. The minimum absolute atomic E-state index is 0.00839. The molecule has 2 aliphatic carbocycles. The molecular weight excluding hydrogens is 312 g/mol. The summed E-state index contributed by atoms with van der Waals surface area (Å²) < 4.78 is 27.6. The zero-order valence-electron chi connectivity index (χ0n) is 13.9. The van der Waals surface area contributed by atoms with Gasteiger partial charge < -0.3 is 10.4 Å². The monoisotopic (exact) mass is 337 g/mol. The zero-order valence-corrected chi connectivity index (χ0v) is 13.9. The van der Waals surface area contributed by atoms with Crippen LogP contribution in [0.1, 0.15) is 56.9 Å². The Morgan fingerprint density at radius 3 is 2.38 bits per heavy atom. The number of carbonyl (C=O) groups is 1. The van der Waals surface area contributed by atoms with Crippen LogP contribution < -0.4 is 5.32 Å². The van der Waals surface area contributed by atoms with Gasteiger partial charge in [0.1, 0.15) is 11.6 Å². The standard InChI is InChI=1S/C19H25F2NO2/c20-14-4-5-15(16(21)12-14)19(8-1-2-9-19)17(24)22-13-18(10-11-23)6-3-7-18/h4-5,12,23H,1-3,6-11,13H2,(H,22,24). The lowest BCUT2D eigenvalue weighted by molar-refractivity contribution is -0.127. The molecule has 0 atom stereocenters. The number of rotatable bonds is 6. The van der Waals surface area contributed by atoms with Crippen LogP contribution in [0.3, 0.4) is 0 Å². The molecule has 2 fully saturated rings. The van der Waals surface area contributed by atoms with Crippen LogP contribution in [0.5, 0.6) is 0 Å². The van der Waals surface area contributed by atoms with Gasteiger partial charge in [-0.3, -0.25) is 4.79 Å². The smallest absolute Gasteiger partial charge is 0.230 e. The van der Waals surface area contributed by atoms with Crippen molar-refractivity contribution >= 4 is 5.91 Å². The van der Waals surface area contributed by atoms with E-state index in [1.807, 2.05) is 0 Å². The van der Waals surface area contributed by atoms with Gasteiger partial charge in [0.05, 0.1) is 5.41 Å². The van der Waals surface area contributed by atoms with Crippen molar-refractivity contribution < 1.29 is 18.7 Å². The van der Waals surface area contributed by atoms with Crippen LogP contribution in [0.25, 0.3) is 0 Å². The molecule has 5 heteroatoms. The van der Waals surface area contributed by atoms with Gasteiger partial charge in [-0.25, -0.2) is 8.78 Å². The highest BCUT2D eigenvalue weighted by atomic mass is 19.1. The quantitative estimate of drug-likeness (QED) is 0.835. The lowest BCUT2D eigenvalue weighted by Gasteiger charge is -2.42. The number of aliphatic hydroxyl groups excluding tert-OH is 1. The Morgan fingerprint density at radius 2 is 1.83 bits per heavy atom. The number of hydrogen-bond donors (Lipinski definition) is 2. The molecular formula is C19H25F2NO2. The van der Waals surface area contributed by atoms with Crippen LogP contribution in [0.15, 0.2) is 18.2 Å². The second-order valence-corrected chi connectivity index (χ2v) is 7.42. The first-order chi connectivity index (χ1) is 11.5. The lowest BCUT2D eigenvalue weighted by atomic mass is 9.66. The van der Waals surface area contributed by atoms with Crippen molar-refractivity contribution in [1.29, 1.82) is 0 Å². The van der Waals surface area contributed by atoms with Crippen molar-refractivity contribution in [2.45, 2.75) is 56.8 Å². The Labute approximate surface area is 141 Å². The summed E-state index contributed by atoms with van der Waals surface area (Å²) in [6.45, 7) is 0.643. The minimum atomic E-state index is -0.887. The molecule has 1 amide bonds. The van der Waals surface area contributed by atoms with Gasteiger partial charge in [-0.2, -0.15) is 0 Å². The van der Waals surface area contributed by atoms with Gasteiger partial charge >= 0.3 is 0 Å². The molecule has 2 N–H and O–H groups in total. The molecule has 0 unspecified atom stereocenters. The van der Waals surface area contributed by atoms with E-state index in [1.165, 1.54) is 12.1 Å². The largest absolute Gasteiger partial charge is 0.396 e. The second-order valence-electron chi connectivity index (χ2n) is 7.42. The third kappa shape index (κ3) is 3.06. The average Bonchev–Trinajstić information content (AvgIpc) is 3.00. The Kier molecular flexibility index (Phi) is 4.90. The Balaban J connectivity index is 1.78. The molecule has 0 saturated heterocycles. The van der Waals surface area contributed by atoms with E-state index in [1.54, 1.807) is 0 Å². The minimum Gasteiger partial charge on any atom is -0.396 e. The average molecular weight is 337 g/mol. The topological polar surface area (TPSA) is 49.3 Å². The van der Waals surface area contributed by atoms with Gasteiger partial charge in [-0.05, 0) is 43.6 Å². The van der Waals surface area contributed by atoms with Gasteiger partial charge in [-0.15, -0.1) is 0 Å². The third-order valence-corrected chi connectivity index (χ3v) is 6.02. The highest BCUT2D eigenvalue weighted by Crippen LogP contribution is 2.45. The molecule has 2 saturated carbocycles. The molecule has 0 radical (unpaired) electrons. The van der Waals surface area contributed by atoms with Crippen molar-refractivity contribution in [3.63, 3.8) is 0 Å². The van der Waals surface area contributed by atoms with Gasteiger partial charge in [0.25, 0.3) is 0 Å². The molecule has 2 aliphatic rings. The molecule has 3 rings (SSSR count). The molecule has 0 aliphatic heterocycles. The van der Waals surface area contributed by atoms with E-state index in [2.05, 4.69) is 5.32 Å². The maximum atomic E-state index is 14.3. The van der Waals surface area contributed by atoms with Gasteiger partial charge in [0.2, 0.25) is 5.91 Å². The normalized spacial score (nSPS) is 21.3. The summed E-state index contributed by atoms with van der Waals surface area (Å²) in [6, 6.07) is 3.51. The number of nitrogens with one attached hydrogen (secondary N) is 1. The fourth-order valence-corrected chi connectivity index (χ4v) is 4.34. The summed E-state index contributed by atoms with van der Waals surface area (Å²) in [5, 5.41) is 12.3. The third-order valence-electron chi connectivity index (χ3n) is 6.02. The predicted molar refractivity (Wildman–Crippen MR) is 87.5 cm³/mol. The Morgan fingerprint density at radius 1 is 1.12 bits per heavy atom. The van der Waals surface area contributed by atoms with E-state index in [0.29, 0.717) is 31.4 Å². The maximum Gasteiger partial charge on any atom is 0.230 e. The van der Waals surface area contributed by atoms with Crippen LogP contribution in [0, 0.1) is 17.0 Å². The first kappa shape index (κ1) is 17.3. The number of benzene rings is 1. The van der Waals surface area contributed by atoms with E-state index in [4.69, 9.17) is 0 Å². The fraction of sp³-hybridized carbons (Fsp3) is 0.632. The van der Waals surface area contributed by atoms with E-state index in [0.717, 1.165) is 38.2 Å². The molecule has 0 heterocycles. The number of halogens is 2. The molecule has 0 spiro atoms. The molecule has 132 valence electrons. The van der Waals surface area contributed by atoms with E-state index >= 15 is 0 Å². The molecule has 1 aromatic carbocycles. The van der Waals surface area contributed by atoms with E-state index < -0.39 is 17.0 Å². The Hall–Kier alpha value is -1.49. The number of hydrogen-bond acceptors (Lipinski definition) is 2. The summed E-state index contributed by atoms with van der Waals surface area (Å²) in [5.74, 6) is -1.42. The summed E-state index contributed by atoms with van der Waals surface area (Å²) >= 11 is 0. The number of amides is 1. The molecule has 3 nitrogen and oxygen atoms in total. The highest BCUT2D eigenvalue weighted by molar-refractivity contribution is 5.88. The molecule has 24 heavy (non-hydrogen) atoms. The van der Waals surface area contributed by atoms with Crippen molar-refractivity contribution in [2.24, 2.45) is 5.41 Å². The van der Waals surface area contributed by atoms with Crippen molar-refractivity contribution in [2.75, 3.05) is 13.2 Å².